The third-order valence-electron chi connectivity index (χ3n) is 1.53. The summed E-state index contributed by atoms with van der Waals surface area (Å²) in [6, 6.07) is 5.04. The van der Waals surface area contributed by atoms with Crippen molar-refractivity contribution in [3.8, 4) is 0 Å². The molecule has 0 amide bonds. The summed E-state index contributed by atoms with van der Waals surface area (Å²) in [7, 11) is 0. The highest BCUT2D eigenvalue weighted by Crippen LogP contribution is 2.32. The predicted octanol–water partition coefficient (Wildman–Crippen LogP) is 3.54. The number of alkyl halides is 3. The molecule has 1 aromatic rings. The van der Waals surface area contributed by atoms with Crippen molar-refractivity contribution < 1.29 is 13.2 Å². The van der Waals surface area contributed by atoms with E-state index in [0.717, 1.165) is 12.1 Å². The van der Waals surface area contributed by atoms with Crippen LogP contribution in [0.4, 0.5) is 13.2 Å². The lowest BCUT2D eigenvalue weighted by molar-refractivity contribution is -0.137. The van der Waals surface area contributed by atoms with Gasteiger partial charge in [0.25, 0.3) is 0 Å². The highest BCUT2D eigenvalue weighted by Gasteiger charge is 2.30. The van der Waals surface area contributed by atoms with Crippen LogP contribution >= 0.6 is 11.8 Å². The van der Waals surface area contributed by atoms with Crippen molar-refractivity contribution >= 4 is 11.8 Å². The van der Waals surface area contributed by atoms with Gasteiger partial charge in [0, 0.05) is 4.90 Å². The summed E-state index contributed by atoms with van der Waals surface area (Å²) >= 11 is 1.26. The lowest BCUT2D eigenvalue weighted by atomic mass is 10.1. The van der Waals surface area contributed by atoms with Crippen molar-refractivity contribution in [2.24, 2.45) is 0 Å². The average molecular weight is 205 g/mol. The highest BCUT2D eigenvalue weighted by atomic mass is 32.2. The molecule has 0 nitrogen and oxygen atoms in total. The van der Waals surface area contributed by atoms with E-state index in [2.05, 4.69) is 6.07 Å². The molecule has 0 fully saturated rings. The number of halogens is 3. The van der Waals surface area contributed by atoms with Crippen molar-refractivity contribution in [3.63, 3.8) is 0 Å². The van der Waals surface area contributed by atoms with Crippen LogP contribution in [0, 0.1) is 13.0 Å². The first-order valence-corrected chi connectivity index (χ1v) is 4.81. The van der Waals surface area contributed by atoms with Crippen molar-refractivity contribution in [3.05, 3.63) is 29.3 Å². The number of thioether (sulfide) groups is 1. The maximum Gasteiger partial charge on any atom is 0.416 e. The number of hydrogen-bond acceptors (Lipinski definition) is 1. The predicted molar refractivity (Wildman–Crippen MR) is 46.8 cm³/mol. The van der Waals surface area contributed by atoms with Gasteiger partial charge in [-0.3, -0.25) is 0 Å². The molecule has 13 heavy (non-hydrogen) atoms. The first-order valence-electron chi connectivity index (χ1n) is 3.58. The summed E-state index contributed by atoms with van der Waals surface area (Å²) in [6.07, 6.45) is -2.53. The van der Waals surface area contributed by atoms with Crippen LogP contribution in [0.1, 0.15) is 11.1 Å². The van der Waals surface area contributed by atoms with Gasteiger partial charge in [-0.05, 0) is 36.9 Å². The molecule has 0 aromatic heterocycles. The Bertz CT molecular complexity index is 304. The van der Waals surface area contributed by atoms with Gasteiger partial charge in [0.1, 0.15) is 0 Å². The van der Waals surface area contributed by atoms with E-state index in [1.165, 1.54) is 11.8 Å². The summed E-state index contributed by atoms with van der Waals surface area (Å²) in [5.41, 5.74) is -0.0905. The molecule has 71 valence electrons. The van der Waals surface area contributed by atoms with Gasteiger partial charge >= 0.3 is 6.18 Å². The van der Waals surface area contributed by atoms with Gasteiger partial charge in [-0.1, -0.05) is 0 Å². The van der Waals surface area contributed by atoms with Crippen molar-refractivity contribution in [1.82, 2.24) is 0 Å². The number of benzene rings is 1. The van der Waals surface area contributed by atoms with Gasteiger partial charge < -0.3 is 0 Å². The van der Waals surface area contributed by atoms with Crippen molar-refractivity contribution in [2.75, 3.05) is 6.26 Å². The summed E-state index contributed by atoms with van der Waals surface area (Å²) in [5.74, 6) is 0. The minimum atomic E-state index is -4.26. The molecule has 0 aliphatic heterocycles. The second kappa shape index (κ2) is 3.62. The maximum atomic E-state index is 12.3. The van der Waals surface area contributed by atoms with Crippen molar-refractivity contribution in [1.29, 1.82) is 0 Å². The molecule has 1 rings (SSSR count). The summed E-state index contributed by atoms with van der Waals surface area (Å²) in [4.78, 5) is 0.521. The van der Waals surface area contributed by atoms with Crippen LogP contribution in [0.3, 0.4) is 0 Å². The van der Waals surface area contributed by atoms with Gasteiger partial charge in [-0.25, -0.2) is 0 Å². The van der Waals surface area contributed by atoms with Crippen molar-refractivity contribution in [2.45, 2.75) is 18.0 Å². The zero-order valence-corrected chi connectivity index (χ0v) is 8.01. The molecule has 0 bridgehead atoms. The summed E-state index contributed by atoms with van der Waals surface area (Å²) in [5, 5.41) is 0. The molecular weight excluding hydrogens is 197 g/mol. The zero-order chi connectivity index (χ0) is 10.1. The van der Waals surface area contributed by atoms with E-state index in [1.807, 2.05) is 0 Å². The first kappa shape index (κ1) is 10.4. The van der Waals surface area contributed by atoms with E-state index in [9.17, 15) is 13.2 Å². The van der Waals surface area contributed by atoms with Gasteiger partial charge in [-0.2, -0.15) is 13.2 Å². The molecule has 0 saturated carbocycles. The standard InChI is InChI=1S/C9H8F3S/c1-6-3-7(9(10,11)12)5-8(4-6)13-2/h3,5H,1-2H3. The topological polar surface area (TPSA) is 0 Å². The summed E-state index contributed by atoms with van der Waals surface area (Å²) in [6.45, 7) is 1.61. The van der Waals surface area contributed by atoms with Gasteiger partial charge in [0.2, 0.25) is 0 Å². The second-order valence-electron chi connectivity index (χ2n) is 2.62. The molecule has 4 heteroatoms. The third kappa shape index (κ3) is 2.66. The minimum Gasteiger partial charge on any atom is -0.166 e. The fraction of sp³-hybridized carbons (Fsp3) is 0.333. The number of rotatable bonds is 1. The molecular formula is C9H8F3S. The Labute approximate surface area is 79.1 Å². The van der Waals surface area contributed by atoms with Gasteiger partial charge in [-0.15, -0.1) is 11.8 Å². The Balaban J connectivity index is 3.16. The van der Waals surface area contributed by atoms with Crippen LogP contribution in [-0.4, -0.2) is 6.26 Å². The average Bonchev–Trinajstić information content (AvgIpc) is 2.01. The van der Waals surface area contributed by atoms with E-state index in [0.29, 0.717) is 10.5 Å². The lowest BCUT2D eigenvalue weighted by Crippen LogP contribution is -2.05. The number of aryl methyl sites for hydroxylation is 1. The molecule has 0 aliphatic carbocycles. The Morgan fingerprint density at radius 2 is 1.92 bits per heavy atom. The Morgan fingerprint density at radius 1 is 1.31 bits per heavy atom. The van der Waals surface area contributed by atoms with E-state index in [-0.39, 0.29) is 0 Å². The first-order chi connectivity index (χ1) is 5.93. The molecule has 0 unspecified atom stereocenters. The molecule has 0 atom stereocenters. The quantitative estimate of drug-likeness (QED) is 0.632. The van der Waals surface area contributed by atoms with Crippen LogP contribution in [0.5, 0.6) is 0 Å². The fourth-order valence-corrected chi connectivity index (χ4v) is 1.46. The van der Waals surface area contributed by atoms with E-state index in [4.69, 9.17) is 0 Å². The molecule has 1 radical (unpaired) electrons. The maximum absolute atomic E-state index is 12.3. The smallest absolute Gasteiger partial charge is 0.166 e. The van der Waals surface area contributed by atoms with E-state index < -0.39 is 11.7 Å². The van der Waals surface area contributed by atoms with Crippen LogP contribution in [0.2, 0.25) is 0 Å². The third-order valence-corrected chi connectivity index (χ3v) is 2.19. The molecule has 0 N–H and O–H groups in total. The Kier molecular flexibility index (Phi) is 2.91. The van der Waals surface area contributed by atoms with Crippen LogP contribution in [0.25, 0.3) is 0 Å². The highest BCUT2D eigenvalue weighted by molar-refractivity contribution is 7.98. The Morgan fingerprint density at radius 3 is 2.38 bits per heavy atom. The van der Waals surface area contributed by atoms with Crippen LogP contribution < -0.4 is 0 Å². The summed E-state index contributed by atoms with van der Waals surface area (Å²) < 4.78 is 36.8. The molecule has 0 heterocycles. The van der Waals surface area contributed by atoms with Gasteiger partial charge in [0.15, 0.2) is 0 Å². The Hall–Kier alpha value is -0.640. The molecule has 0 spiro atoms. The normalized spacial score (nSPS) is 11.8. The minimum absolute atomic E-state index is 0.513. The molecule has 1 aromatic carbocycles. The SMILES string of the molecule is CSc1[c]c(C)cc(C(F)(F)F)c1. The monoisotopic (exact) mass is 205 g/mol. The van der Waals surface area contributed by atoms with Crippen LogP contribution in [0.15, 0.2) is 17.0 Å². The second-order valence-corrected chi connectivity index (χ2v) is 3.47. The van der Waals surface area contributed by atoms with E-state index >= 15 is 0 Å². The lowest BCUT2D eigenvalue weighted by Gasteiger charge is -2.08. The fourth-order valence-electron chi connectivity index (χ4n) is 0.956. The molecule has 0 saturated heterocycles. The van der Waals surface area contributed by atoms with E-state index in [1.54, 1.807) is 13.2 Å². The van der Waals surface area contributed by atoms with Crippen LogP contribution in [-0.2, 0) is 6.18 Å². The number of hydrogen-bond donors (Lipinski definition) is 0. The molecule has 0 aliphatic rings. The largest absolute Gasteiger partial charge is 0.416 e. The van der Waals surface area contributed by atoms with Gasteiger partial charge in [0.05, 0.1) is 5.56 Å². The zero-order valence-electron chi connectivity index (χ0n) is 7.20.